The van der Waals surface area contributed by atoms with Crippen LogP contribution in [0.2, 0.25) is 0 Å². The van der Waals surface area contributed by atoms with E-state index in [9.17, 15) is 0 Å². The number of thiazole rings is 1. The first-order chi connectivity index (χ1) is 9.74. The van der Waals surface area contributed by atoms with Crippen LogP contribution in [0.4, 0.5) is 0 Å². The normalized spacial score (nSPS) is 12.6. The summed E-state index contributed by atoms with van der Waals surface area (Å²) in [5.41, 5.74) is 3.87. The minimum absolute atomic E-state index is 0.218. The molecule has 1 aromatic carbocycles. The molecule has 1 N–H and O–H groups in total. The van der Waals surface area contributed by atoms with Gasteiger partial charge < -0.3 is 5.32 Å². The Kier molecular flexibility index (Phi) is 5.74. The summed E-state index contributed by atoms with van der Waals surface area (Å²) in [6.07, 6.45) is 3.48. The van der Waals surface area contributed by atoms with Crippen LogP contribution < -0.4 is 5.32 Å². The van der Waals surface area contributed by atoms with Crippen LogP contribution in [0.15, 0.2) is 29.6 Å². The molecule has 1 unspecified atom stereocenters. The number of rotatable bonds is 7. The third-order valence-corrected chi connectivity index (χ3v) is 4.17. The maximum Gasteiger partial charge on any atom is 0.0898 e. The lowest BCUT2D eigenvalue weighted by atomic mass is 10.0. The summed E-state index contributed by atoms with van der Waals surface area (Å²) in [7, 11) is 0. The minimum Gasteiger partial charge on any atom is -0.305 e. The van der Waals surface area contributed by atoms with E-state index in [0.29, 0.717) is 0 Å². The zero-order chi connectivity index (χ0) is 14.4. The molecule has 2 nitrogen and oxygen atoms in total. The fourth-order valence-electron chi connectivity index (χ4n) is 2.36. The lowest BCUT2D eigenvalue weighted by Gasteiger charge is -2.17. The largest absolute Gasteiger partial charge is 0.305 e. The Bertz CT molecular complexity index is 516. The van der Waals surface area contributed by atoms with Crippen LogP contribution in [0.3, 0.4) is 0 Å². The summed E-state index contributed by atoms with van der Waals surface area (Å²) in [5, 5.41) is 6.91. The molecule has 0 aliphatic carbocycles. The highest BCUT2D eigenvalue weighted by atomic mass is 32.1. The van der Waals surface area contributed by atoms with Gasteiger partial charge in [-0.05, 0) is 37.4 Å². The summed E-state index contributed by atoms with van der Waals surface area (Å²) in [5.74, 6) is 0. The average Bonchev–Trinajstić information content (AvgIpc) is 2.88. The molecule has 2 rings (SSSR count). The van der Waals surface area contributed by atoms with Gasteiger partial charge in [0.1, 0.15) is 0 Å². The van der Waals surface area contributed by atoms with Gasteiger partial charge in [-0.15, -0.1) is 11.3 Å². The molecular weight excluding hydrogens is 264 g/mol. The van der Waals surface area contributed by atoms with Crippen LogP contribution in [-0.2, 0) is 6.42 Å². The second-order valence-corrected chi connectivity index (χ2v) is 6.23. The molecule has 0 spiro atoms. The second-order valence-electron chi connectivity index (χ2n) is 5.17. The molecule has 20 heavy (non-hydrogen) atoms. The molecule has 1 aromatic heterocycles. The van der Waals surface area contributed by atoms with Gasteiger partial charge >= 0.3 is 0 Å². The predicted octanol–water partition coefficient (Wildman–Crippen LogP) is 4.49. The first-order valence-corrected chi connectivity index (χ1v) is 8.36. The maximum absolute atomic E-state index is 4.66. The number of aryl methyl sites for hydroxylation is 2. The van der Waals surface area contributed by atoms with Gasteiger partial charge in [0.2, 0.25) is 0 Å². The lowest BCUT2D eigenvalue weighted by molar-refractivity contribution is 0.588. The second kappa shape index (κ2) is 7.55. The maximum atomic E-state index is 4.66. The standard InChI is InChI=1S/C17H24N2S/c1-4-6-14-7-9-15(10-8-14)17(18-11-5-2)16-12-20-13(3)19-16/h7-10,12,17-18H,4-6,11H2,1-3H3. The Balaban J connectivity index is 2.21. The first-order valence-electron chi connectivity index (χ1n) is 7.48. The van der Waals surface area contributed by atoms with E-state index in [1.54, 1.807) is 11.3 Å². The highest BCUT2D eigenvalue weighted by Crippen LogP contribution is 2.24. The molecule has 0 radical (unpaired) electrons. The topological polar surface area (TPSA) is 24.9 Å². The summed E-state index contributed by atoms with van der Waals surface area (Å²) >= 11 is 1.72. The van der Waals surface area contributed by atoms with Gasteiger partial charge in [0, 0.05) is 5.38 Å². The fraction of sp³-hybridized carbons (Fsp3) is 0.471. The molecule has 2 aromatic rings. The number of nitrogens with zero attached hydrogens (tertiary/aromatic N) is 1. The Morgan fingerprint density at radius 1 is 1.15 bits per heavy atom. The molecule has 0 aliphatic heterocycles. The van der Waals surface area contributed by atoms with Crippen LogP contribution in [0.5, 0.6) is 0 Å². The Hall–Kier alpha value is -1.19. The van der Waals surface area contributed by atoms with E-state index in [-0.39, 0.29) is 6.04 Å². The van der Waals surface area contributed by atoms with E-state index >= 15 is 0 Å². The van der Waals surface area contributed by atoms with Gasteiger partial charge in [-0.3, -0.25) is 0 Å². The van der Waals surface area contributed by atoms with E-state index in [1.807, 2.05) is 0 Å². The quantitative estimate of drug-likeness (QED) is 0.812. The molecule has 0 saturated carbocycles. The van der Waals surface area contributed by atoms with Gasteiger partial charge in [-0.25, -0.2) is 4.98 Å². The third-order valence-electron chi connectivity index (χ3n) is 3.38. The van der Waals surface area contributed by atoms with Crippen molar-refractivity contribution in [2.45, 2.75) is 46.1 Å². The van der Waals surface area contributed by atoms with Gasteiger partial charge in [-0.2, -0.15) is 0 Å². The van der Waals surface area contributed by atoms with Crippen molar-refractivity contribution in [3.8, 4) is 0 Å². The van der Waals surface area contributed by atoms with Crippen LogP contribution in [0, 0.1) is 6.92 Å². The van der Waals surface area contributed by atoms with Crippen molar-refractivity contribution in [2.75, 3.05) is 6.54 Å². The zero-order valence-electron chi connectivity index (χ0n) is 12.6. The van der Waals surface area contributed by atoms with Crippen molar-refractivity contribution in [1.29, 1.82) is 0 Å². The Labute approximate surface area is 126 Å². The Morgan fingerprint density at radius 3 is 2.45 bits per heavy atom. The van der Waals surface area contributed by atoms with Crippen LogP contribution in [-0.4, -0.2) is 11.5 Å². The SMILES string of the molecule is CCCNC(c1ccc(CCC)cc1)c1csc(C)n1. The highest BCUT2D eigenvalue weighted by Gasteiger charge is 2.15. The van der Waals surface area contributed by atoms with Crippen LogP contribution >= 0.6 is 11.3 Å². The number of benzene rings is 1. The molecule has 0 amide bonds. The fourth-order valence-corrected chi connectivity index (χ4v) is 3.00. The number of nitrogens with one attached hydrogen (secondary N) is 1. The van der Waals surface area contributed by atoms with E-state index in [2.05, 4.69) is 60.7 Å². The van der Waals surface area contributed by atoms with Crippen molar-refractivity contribution >= 4 is 11.3 Å². The van der Waals surface area contributed by atoms with E-state index in [1.165, 1.54) is 17.5 Å². The van der Waals surface area contributed by atoms with Gasteiger partial charge in [0.25, 0.3) is 0 Å². The lowest BCUT2D eigenvalue weighted by Crippen LogP contribution is -2.23. The van der Waals surface area contributed by atoms with Crippen LogP contribution in [0.1, 0.15) is 54.6 Å². The molecule has 0 saturated heterocycles. The molecule has 3 heteroatoms. The number of hydrogen-bond donors (Lipinski definition) is 1. The van der Waals surface area contributed by atoms with Crippen LogP contribution in [0.25, 0.3) is 0 Å². The molecular formula is C17H24N2S. The molecule has 1 atom stereocenters. The minimum atomic E-state index is 0.218. The summed E-state index contributed by atoms with van der Waals surface area (Å²) in [6.45, 7) is 7.49. The van der Waals surface area contributed by atoms with Crippen molar-refractivity contribution in [2.24, 2.45) is 0 Å². The predicted molar refractivity (Wildman–Crippen MR) is 87.4 cm³/mol. The highest BCUT2D eigenvalue weighted by molar-refractivity contribution is 7.09. The Morgan fingerprint density at radius 2 is 1.90 bits per heavy atom. The van der Waals surface area contributed by atoms with Gasteiger partial charge in [-0.1, -0.05) is 44.5 Å². The van der Waals surface area contributed by atoms with Crippen molar-refractivity contribution in [1.82, 2.24) is 10.3 Å². The summed E-state index contributed by atoms with van der Waals surface area (Å²) in [4.78, 5) is 4.66. The third kappa shape index (κ3) is 3.90. The first kappa shape index (κ1) is 15.2. The smallest absolute Gasteiger partial charge is 0.0898 e. The molecule has 0 bridgehead atoms. The average molecular weight is 288 g/mol. The zero-order valence-corrected chi connectivity index (χ0v) is 13.5. The van der Waals surface area contributed by atoms with Crippen molar-refractivity contribution < 1.29 is 0 Å². The molecule has 0 fully saturated rings. The monoisotopic (exact) mass is 288 g/mol. The van der Waals surface area contributed by atoms with Crippen molar-refractivity contribution in [3.63, 3.8) is 0 Å². The van der Waals surface area contributed by atoms with Gasteiger partial charge in [0.05, 0.1) is 16.7 Å². The summed E-state index contributed by atoms with van der Waals surface area (Å²) < 4.78 is 0. The molecule has 1 heterocycles. The summed E-state index contributed by atoms with van der Waals surface area (Å²) in [6, 6.07) is 9.20. The number of aromatic nitrogens is 1. The molecule has 108 valence electrons. The van der Waals surface area contributed by atoms with Gasteiger partial charge in [0.15, 0.2) is 0 Å². The van der Waals surface area contributed by atoms with E-state index in [0.717, 1.165) is 30.1 Å². The van der Waals surface area contributed by atoms with E-state index < -0.39 is 0 Å². The molecule has 0 aliphatic rings. The number of hydrogen-bond acceptors (Lipinski definition) is 3. The van der Waals surface area contributed by atoms with Crippen molar-refractivity contribution in [3.05, 3.63) is 51.5 Å². The van der Waals surface area contributed by atoms with E-state index in [4.69, 9.17) is 0 Å².